The maximum atomic E-state index is 6.39. The lowest BCUT2D eigenvalue weighted by molar-refractivity contribution is 0.431. The van der Waals surface area contributed by atoms with Crippen molar-refractivity contribution in [3.63, 3.8) is 0 Å². The molecule has 1 aromatic heterocycles. The van der Waals surface area contributed by atoms with Crippen LogP contribution in [0.5, 0.6) is 0 Å². The number of fused-ring (bicyclic) bond motifs is 1. The van der Waals surface area contributed by atoms with E-state index in [0.717, 1.165) is 27.4 Å². The molecule has 0 spiro atoms. The molecule has 23 heavy (non-hydrogen) atoms. The van der Waals surface area contributed by atoms with Gasteiger partial charge in [-0.15, -0.1) is 0 Å². The number of nitrogens with one attached hydrogen (secondary N) is 1. The Kier molecular flexibility index (Phi) is 3.83. The smallest absolute Gasteiger partial charge is 0.222 e. The highest BCUT2D eigenvalue weighted by atomic mass is 79.9. The average Bonchev–Trinajstić information content (AvgIpc) is 3.03. The van der Waals surface area contributed by atoms with Crippen LogP contribution in [0, 0.1) is 0 Å². The average molecular weight is 390 g/mol. The normalized spacial score (nSPS) is 19.9. The summed E-state index contributed by atoms with van der Waals surface area (Å²) in [7, 11) is 0. The number of hydrogen-bond acceptors (Lipinski definition) is 3. The molecule has 2 atom stereocenters. The zero-order chi connectivity index (χ0) is 15.8. The molecule has 0 saturated carbocycles. The predicted molar refractivity (Wildman–Crippen MR) is 94.7 cm³/mol. The fourth-order valence-corrected chi connectivity index (χ4v) is 3.76. The van der Waals surface area contributed by atoms with Crippen LogP contribution in [-0.4, -0.2) is 14.8 Å². The van der Waals surface area contributed by atoms with Crippen LogP contribution in [0.15, 0.2) is 59.3 Å². The van der Waals surface area contributed by atoms with E-state index in [1.54, 1.807) is 6.33 Å². The molecule has 0 unspecified atom stereocenters. The Morgan fingerprint density at radius 2 is 2.04 bits per heavy atom. The van der Waals surface area contributed by atoms with Crippen molar-refractivity contribution < 1.29 is 0 Å². The molecule has 0 radical (unpaired) electrons. The molecule has 6 heteroatoms. The van der Waals surface area contributed by atoms with Gasteiger partial charge in [0.2, 0.25) is 5.95 Å². The van der Waals surface area contributed by atoms with Gasteiger partial charge in [0.25, 0.3) is 0 Å². The topological polar surface area (TPSA) is 42.7 Å². The van der Waals surface area contributed by atoms with Gasteiger partial charge in [0, 0.05) is 9.50 Å². The summed E-state index contributed by atoms with van der Waals surface area (Å²) in [5, 5.41) is 8.60. The van der Waals surface area contributed by atoms with Gasteiger partial charge in [-0.25, -0.2) is 4.68 Å². The van der Waals surface area contributed by atoms with E-state index in [0.29, 0.717) is 0 Å². The van der Waals surface area contributed by atoms with E-state index in [1.165, 1.54) is 5.56 Å². The number of benzene rings is 2. The molecule has 0 saturated heterocycles. The monoisotopic (exact) mass is 388 g/mol. The number of anilines is 1. The molecule has 4 rings (SSSR count). The first-order valence-corrected chi connectivity index (χ1v) is 8.55. The molecule has 116 valence electrons. The lowest BCUT2D eigenvalue weighted by atomic mass is 9.93. The van der Waals surface area contributed by atoms with Crippen molar-refractivity contribution in [2.45, 2.75) is 18.5 Å². The molecule has 0 bridgehead atoms. The summed E-state index contributed by atoms with van der Waals surface area (Å²) < 4.78 is 3.00. The lowest BCUT2D eigenvalue weighted by Crippen LogP contribution is -2.28. The van der Waals surface area contributed by atoms with E-state index in [2.05, 4.69) is 49.5 Å². The fraction of sp³-hybridized carbons (Fsp3) is 0.176. The predicted octanol–water partition coefficient (Wildman–Crippen LogP) is 4.84. The summed E-state index contributed by atoms with van der Waals surface area (Å²) in [5.74, 6) is 0.770. The minimum absolute atomic E-state index is 0.101. The number of aromatic nitrogens is 3. The summed E-state index contributed by atoms with van der Waals surface area (Å²) in [6.07, 6.45) is 2.44. The molecule has 4 nitrogen and oxygen atoms in total. The zero-order valence-corrected chi connectivity index (χ0v) is 14.5. The summed E-state index contributed by atoms with van der Waals surface area (Å²) >= 11 is 9.94. The second kappa shape index (κ2) is 5.98. The van der Waals surface area contributed by atoms with Gasteiger partial charge < -0.3 is 5.32 Å². The lowest BCUT2D eigenvalue weighted by Gasteiger charge is -2.32. The second-order valence-electron chi connectivity index (χ2n) is 5.55. The Labute approximate surface area is 147 Å². The molecule has 2 heterocycles. The van der Waals surface area contributed by atoms with Crippen molar-refractivity contribution in [1.82, 2.24) is 14.8 Å². The van der Waals surface area contributed by atoms with E-state index in [1.807, 2.05) is 35.0 Å². The third kappa shape index (κ3) is 2.75. The van der Waals surface area contributed by atoms with Crippen LogP contribution in [0.4, 0.5) is 5.95 Å². The second-order valence-corrected chi connectivity index (χ2v) is 6.88. The highest BCUT2D eigenvalue weighted by Gasteiger charge is 2.30. The van der Waals surface area contributed by atoms with Gasteiger partial charge in [-0.2, -0.15) is 10.1 Å². The van der Waals surface area contributed by atoms with E-state index >= 15 is 0 Å². The third-order valence-corrected chi connectivity index (χ3v) is 4.98. The zero-order valence-electron chi connectivity index (χ0n) is 12.2. The number of halogens is 2. The maximum Gasteiger partial charge on any atom is 0.222 e. The largest absolute Gasteiger partial charge is 0.347 e. The molecule has 1 aliphatic rings. The number of rotatable bonds is 2. The standard InChI is InChI=1S/C17H14BrClN4/c18-12-5-3-4-11(8-12)16-9-15(13-6-1-2-7-14(13)19)22-17-20-10-21-23(16)17/h1-8,10,15-16H,9H2,(H,20,21,22)/t15-,16+/m1/s1. The highest BCUT2D eigenvalue weighted by Crippen LogP contribution is 2.39. The Balaban J connectivity index is 1.77. The minimum Gasteiger partial charge on any atom is -0.347 e. The van der Waals surface area contributed by atoms with Crippen molar-refractivity contribution in [2.75, 3.05) is 5.32 Å². The van der Waals surface area contributed by atoms with Crippen LogP contribution in [0.1, 0.15) is 29.6 Å². The molecule has 0 fully saturated rings. The Morgan fingerprint density at radius 3 is 2.87 bits per heavy atom. The Hall–Kier alpha value is -1.85. The van der Waals surface area contributed by atoms with Crippen molar-refractivity contribution in [1.29, 1.82) is 0 Å². The first-order chi connectivity index (χ1) is 11.2. The SMILES string of the molecule is Clc1ccccc1[C@H]1C[C@@H](c2cccc(Br)c2)n2ncnc2N1. The van der Waals surface area contributed by atoms with Gasteiger partial charge in [0.1, 0.15) is 6.33 Å². The van der Waals surface area contributed by atoms with Crippen LogP contribution in [0.25, 0.3) is 0 Å². The van der Waals surface area contributed by atoms with E-state index in [-0.39, 0.29) is 12.1 Å². The Morgan fingerprint density at radius 1 is 1.17 bits per heavy atom. The summed E-state index contributed by atoms with van der Waals surface area (Å²) in [6, 6.07) is 16.5. The summed E-state index contributed by atoms with van der Waals surface area (Å²) in [6.45, 7) is 0. The van der Waals surface area contributed by atoms with Crippen molar-refractivity contribution >= 4 is 33.5 Å². The van der Waals surface area contributed by atoms with Crippen molar-refractivity contribution in [3.8, 4) is 0 Å². The van der Waals surface area contributed by atoms with Crippen LogP contribution < -0.4 is 5.32 Å². The summed E-state index contributed by atoms with van der Waals surface area (Å²) in [5.41, 5.74) is 2.29. The van der Waals surface area contributed by atoms with Crippen LogP contribution in [-0.2, 0) is 0 Å². The molecular weight excluding hydrogens is 376 g/mol. The maximum absolute atomic E-state index is 6.39. The Bertz CT molecular complexity index is 848. The quantitative estimate of drug-likeness (QED) is 0.682. The number of hydrogen-bond donors (Lipinski definition) is 1. The van der Waals surface area contributed by atoms with Crippen LogP contribution in [0.2, 0.25) is 5.02 Å². The van der Waals surface area contributed by atoms with Crippen LogP contribution in [0.3, 0.4) is 0 Å². The van der Waals surface area contributed by atoms with Gasteiger partial charge in [-0.05, 0) is 35.7 Å². The van der Waals surface area contributed by atoms with E-state index in [9.17, 15) is 0 Å². The minimum atomic E-state index is 0.101. The van der Waals surface area contributed by atoms with Gasteiger partial charge >= 0.3 is 0 Å². The van der Waals surface area contributed by atoms with Gasteiger partial charge in [-0.1, -0.05) is 57.9 Å². The third-order valence-electron chi connectivity index (χ3n) is 4.14. The van der Waals surface area contributed by atoms with Gasteiger partial charge in [-0.3, -0.25) is 0 Å². The molecule has 1 aliphatic heterocycles. The summed E-state index contributed by atoms with van der Waals surface area (Å²) in [4.78, 5) is 4.35. The van der Waals surface area contributed by atoms with E-state index in [4.69, 9.17) is 11.6 Å². The van der Waals surface area contributed by atoms with Gasteiger partial charge in [0.15, 0.2) is 0 Å². The molecule has 1 N–H and O–H groups in total. The van der Waals surface area contributed by atoms with Crippen molar-refractivity contribution in [3.05, 3.63) is 75.5 Å². The highest BCUT2D eigenvalue weighted by molar-refractivity contribution is 9.10. The van der Waals surface area contributed by atoms with Crippen molar-refractivity contribution in [2.24, 2.45) is 0 Å². The first kappa shape index (κ1) is 14.7. The van der Waals surface area contributed by atoms with Crippen LogP contribution >= 0.6 is 27.5 Å². The molecule has 3 aromatic rings. The molecule has 2 aromatic carbocycles. The molecule has 0 amide bonds. The van der Waals surface area contributed by atoms with Gasteiger partial charge in [0.05, 0.1) is 12.1 Å². The fourth-order valence-electron chi connectivity index (χ4n) is 3.07. The number of nitrogens with zero attached hydrogens (tertiary/aromatic N) is 3. The molecule has 0 aliphatic carbocycles. The first-order valence-electron chi connectivity index (χ1n) is 7.38. The van der Waals surface area contributed by atoms with E-state index < -0.39 is 0 Å². The molecular formula is C17H14BrClN4.